The molecule has 0 atom stereocenters. The number of hydrogen-bond acceptors (Lipinski definition) is 2. The van der Waals surface area contributed by atoms with E-state index in [1.807, 2.05) is 25.1 Å². The third kappa shape index (κ3) is 2.48. The Morgan fingerprint density at radius 1 is 1.21 bits per heavy atom. The first-order valence-corrected chi connectivity index (χ1v) is 6.20. The molecule has 4 heteroatoms. The maximum absolute atomic E-state index is 11.7. The molecular formula is C10H15NO2S. The number of rotatable bonds is 4. The lowest BCUT2D eigenvalue weighted by atomic mass is 10.3. The summed E-state index contributed by atoms with van der Waals surface area (Å²) in [5.41, 5.74) is 0.709. The van der Waals surface area contributed by atoms with Gasteiger partial charge in [-0.2, -0.15) is 0 Å². The fraction of sp³-hybridized carbons (Fsp3) is 0.400. The molecule has 1 aromatic rings. The van der Waals surface area contributed by atoms with Crippen molar-refractivity contribution in [2.45, 2.75) is 13.3 Å². The van der Waals surface area contributed by atoms with E-state index in [-0.39, 0.29) is 5.75 Å². The van der Waals surface area contributed by atoms with Crippen molar-refractivity contribution in [1.29, 1.82) is 0 Å². The Kier molecular flexibility index (Phi) is 3.52. The van der Waals surface area contributed by atoms with Crippen LogP contribution in [-0.2, 0) is 10.0 Å². The minimum absolute atomic E-state index is 0.193. The Morgan fingerprint density at radius 2 is 1.79 bits per heavy atom. The lowest BCUT2D eigenvalue weighted by Crippen LogP contribution is -2.28. The van der Waals surface area contributed by atoms with E-state index >= 15 is 0 Å². The maximum Gasteiger partial charge on any atom is 0.234 e. The van der Waals surface area contributed by atoms with Gasteiger partial charge in [0.2, 0.25) is 10.0 Å². The van der Waals surface area contributed by atoms with Gasteiger partial charge in [0.1, 0.15) is 0 Å². The van der Waals surface area contributed by atoms with E-state index in [1.165, 1.54) is 4.31 Å². The van der Waals surface area contributed by atoms with Crippen LogP contribution in [0, 0.1) is 0 Å². The van der Waals surface area contributed by atoms with Crippen molar-refractivity contribution in [3.05, 3.63) is 30.3 Å². The molecule has 0 bridgehead atoms. The molecule has 0 saturated heterocycles. The molecule has 0 unspecified atom stereocenters. The second-order valence-electron chi connectivity index (χ2n) is 3.12. The van der Waals surface area contributed by atoms with Crippen LogP contribution in [0.1, 0.15) is 13.3 Å². The van der Waals surface area contributed by atoms with E-state index in [4.69, 9.17) is 0 Å². The van der Waals surface area contributed by atoms with Crippen molar-refractivity contribution in [2.75, 3.05) is 17.1 Å². The van der Waals surface area contributed by atoms with Gasteiger partial charge >= 0.3 is 0 Å². The zero-order valence-corrected chi connectivity index (χ0v) is 9.29. The van der Waals surface area contributed by atoms with Crippen LogP contribution in [-0.4, -0.2) is 21.2 Å². The molecule has 0 aliphatic carbocycles. The Labute approximate surface area is 85.4 Å². The van der Waals surface area contributed by atoms with E-state index in [0.29, 0.717) is 12.1 Å². The predicted molar refractivity (Wildman–Crippen MR) is 58.9 cm³/mol. The van der Waals surface area contributed by atoms with Crippen LogP contribution in [0.4, 0.5) is 5.69 Å². The third-order valence-electron chi connectivity index (χ3n) is 2.00. The third-order valence-corrected chi connectivity index (χ3v) is 3.97. The maximum atomic E-state index is 11.7. The highest BCUT2D eigenvalue weighted by molar-refractivity contribution is 7.92. The van der Waals surface area contributed by atoms with Gasteiger partial charge in [0, 0.05) is 7.05 Å². The molecule has 0 heterocycles. The minimum atomic E-state index is -3.13. The van der Waals surface area contributed by atoms with Gasteiger partial charge in [-0.15, -0.1) is 0 Å². The second-order valence-corrected chi connectivity index (χ2v) is 5.24. The van der Waals surface area contributed by atoms with Crippen molar-refractivity contribution in [1.82, 2.24) is 0 Å². The smallest absolute Gasteiger partial charge is 0.234 e. The van der Waals surface area contributed by atoms with E-state index in [0.717, 1.165) is 0 Å². The Balaban J connectivity index is 2.91. The summed E-state index contributed by atoms with van der Waals surface area (Å²) >= 11 is 0. The number of benzene rings is 1. The van der Waals surface area contributed by atoms with Crippen LogP contribution >= 0.6 is 0 Å². The first-order valence-electron chi connectivity index (χ1n) is 4.59. The van der Waals surface area contributed by atoms with E-state index in [1.54, 1.807) is 19.2 Å². The molecule has 0 amide bonds. The molecule has 0 spiro atoms. The Morgan fingerprint density at radius 3 is 2.29 bits per heavy atom. The van der Waals surface area contributed by atoms with Gasteiger partial charge in [0.05, 0.1) is 11.4 Å². The number of para-hydroxylation sites is 1. The van der Waals surface area contributed by atoms with Crippen LogP contribution < -0.4 is 4.31 Å². The van der Waals surface area contributed by atoms with Gasteiger partial charge in [-0.1, -0.05) is 25.1 Å². The molecule has 0 aliphatic rings. The summed E-state index contributed by atoms with van der Waals surface area (Å²) in [6, 6.07) is 9.09. The molecule has 0 aromatic heterocycles. The van der Waals surface area contributed by atoms with E-state index < -0.39 is 10.0 Å². The van der Waals surface area contributed by atoms with E-state index in [2.05, 4.69) is 0 Å². The van der Waals surface area contributed by atoms with Gasteiger partial charge < -0.3 is 0 Å². The molecule has 1 aromatic carbocycles. The zero-order valence-electron chi connectivity index (χ0n) is 8.47. The summed E-state index contributed by atoms with van der Waals surface area (Å²) in [6.07, 6.45) is 0.638. The van der Waals surface area contributed by atoms with Crippen LogP contribution in [0.3, 0.4) is 0 Å². The van der Waals surface area contributed by atoms with E-state index in [9.17, 15) is 8.42 Å². The van der Waals surface area contributed by atoms with Crippen LogP contribution in [0.5, 0.6) is 0 Å². The molecule has 14 heavy (non-hydrogen) atoms. The predicted octanol–water partition coefficient (Wildman–Crippen LogP) is 1.86. The lowest BCUT2D eigenvalue weighted by molar-refractivity contribution is 0.593. The number of nitrogens with zero attached hydrogens (tertiary/aromatic N) is 1. The largest absolute Gasteiger partial charge is 0.273 e. The summed E-state index contributed by atoms with van der Waals surface area (Å²) in [5.74, 6) is 0.193. The number of sulfonamides is 1. The normalized spacial score (nSPS) is 11.3. The summed E-state index contributed by atoms with van der Waals surface area (Å²) in [4.78, 5) is 0. The van der Waals surface area contributed by atoms with Crippen molar-refractivity contribution in [3.63, 3.8) is 0 Å². The van der Waals surface area contributed by atoms with Crippen LogP contribution in [0.25, 0.3) is 0 Å². The van der Waals surface area contributed by atoms with Crippen molar-refractivity contribution >= 4 is 15.7 Å². The van der Waals surface area contributed by atoms with Gasteiger partial charge in [-0.25, -0.2) is 8.42 Å². The first kappa shape index (κ1) is 11.0. The molecule has 3 nitrogen and oxygen atoms in total. The summed E-state index contributed by atoms with van der Waals surface area (Å²) < 4.78 is 24.6. The highest BCUT2D eigenvalue weighted by Crippen LogP contribution is 2.15. The standard InChI is InChI=1S/C10H15NO2S/c1-3-9-14(12,13)11(2)10-7-5-4-6-8-10/h4-8H,3,9H2,1-2H3. The Hall–Kier alpha value is -1.03. The SMILES string of the molecule is CCCS(=O)(=O)N(C)c1ccccc1. The summed E-state index contributed by atoms with van der Waals surface area (Å²) in [6.45, 7) is 1.86. The van der Waals surface area contributed by atoms with Crippen LogP contribution in [0.2, 0.25) is 0 Å². The van der Waals surface area contributed by atoms with Gasteiger partial charge in [-0.3, -0.25) is 4.31 Å². The second kappa shape index (κ2) is 4.46. The lowest BCUT2D eigenvalue weighted by Gasteiger charge is -2.18. The average Bonchev–Trinajstić information content (AvgIpc) is 2.18. The zero-order chi connectivity index (χ0) is 10.6. The van der Waals surface area contributed by atoms with Crippen molar-refractivity contribution in [3.8, 4) is 0 Å². The van der Waals surface area contributed by atoms with Gasteiger partial charge in [0.25, 0.3) is 0 Å². The molecule has 0 fully saturated rings. The summed E-state index contributed by atoms with van der Waals surface area (Å²) in [7, 11) is -1.55. The van der Waals surface area contributed by atoms with Crippen molar-refractivity contribution in [2.24, 2.45) is 0 Å². The molecule has 78 valence electrons. The van der Waals surface area contributed by atoms with Crippen LogP contribution in [0.15, 0.2) is 30.3 Å². The number of anilines is 1. The topological polar surface area (TPSA) is 37.4 Å². The highest BCUT2D eigenvalue weighted by Gasteiger charge is 2.16. The Bertz CT molecular complexity index is 372. The summed E-state index contributed by atoms with van der Waals surface area (Å²) in [5, 5.41) is 0. The average molecular weight is 213 g/mol. The highest BCUT2D eigenvalue weighted by atomic mass is 32.2. The molecule has 0 radical (unpaired) electrons. The molecule has 0 N–H and O–H groups in total. The molecular weight excluding hydrogens is 198 g/mol. The minimum Gasteiger partial charge on any atom is -0.273 e. The molecule has 0 saturated carbocycles. The van der Waals surface area contributed by atoms with Crippen molar-refractivity contribution < 1.29 is 8.42 Å². The monoisotopic (exact) mass is 213 g/mol. The van der Waals surface area contributed by atoms with Gasteiger partial charge in [-0.05, 0) is 18.6 Å². The molecule has 0 aliphatic heterocycles. The van der Waals surface area contributed by atoms with Gasteiger partial charge in [0.15, 0.2) is 0 Å². The number of hydrogen-bond donors (Lipinski definition) is 0. The first-order chi connectivity index (χ1) is 6.58. The fourth-order valence-electron chi connectivity index (χ4n) is 1.19. The molecule has 1 rings (SSSR count). The fourth-order valence-corrected chi connectivity index (χ4v) is 2.43. The quantitative estimate of drug-likeness (QED) is 0.765.